The fourth-order valence-corrected chi connectivity index (χ4v) is 5.65. The zero-order chi connectivity index (χ0) is 47.0. The van der Waals surface area contributed by atoms with Gasteiger partial charge in [-0.2, -0.15) is 0 Å². The first-order chi connectivity index (χ1) is 29.7. The fourth-order valence-electron chi connectivity index (χ4n) is 5.65. The zero-order valence-corrected chi connectivity index (χ0v) is 33.9. The molecule has 21 nitrogen and oxygen atoms in total. The van der Waals surface area contributed by atoms with Crippen molar-refractivity contribution in [2.24, 2.45) is 10.2 Å². The third-order valence-electron chi connectivity index (χ3n) is 9.00. The number of hydrogen-bond acceptors (Lipinski definition) is 12. The summed E-state index contributed by atoms with van der Waals surface area (Å²) in [5.74, 6) is -13.2. The Hall–Kier alpha value is -7.65. The lowest BCUT2D eigenvalue weighted by molar-refractivity contribution is -0.386. The van der Waals surface area contributed by atoms with Crippen LogP contribution >= 0.6 is 0 Å². The highest BCUT2D eigenvalue weighted by Gasteiger charge is 2.32. The number of nitrogens with one attached hydrogen (secondary N) is 2. The van der Waals surface area contributed by atoms with Crippen LogP contribution in [0.1, 0.15) is 77.8 Å². The molecule has 4 N–H and O–H groups in total. The highest BCUT2D eigenvalue weighted by Crippen LogP contribution is 2.37. The molecule has 0 aromatic heterocycles. The average Bonchev–Trinajstić information content (AvgIpc) is 3.23. The van der Waals surface area contributed by atoms with Gasteiger partial charge in [0, 0.05) is 79.6 Å². The number of azide groups is 2. The van der Waals surface area contributed by atoms with Crippen LogP contribution in [0, 0.1) is 33.4 Å². The third kappa shape index (κ3) is 13.9. The summed E-state index contributed by atoms with van der Waals surface area (Å²) < 4.78 is 62.7. The molecule has 0 atom stereocenters. The fraction of sp³-hybridized carbons (Fsp3) is 0.395. The van der Waals surface area contributed by atoms with Crippen LogP contribution in [0.4, 0.5) is 33.7 Å². The number of carbonyl (C=O) groups is 5. The number of nitro benzene ring substituents is 1. The Morgan fingerprint density at radius 3 is 2.14 bits per heavy atom. The van der Waals surface area contributed by atoms with Gasteiger partial charge in [-0.3, -0.25) is 29.3 Å². The molecule has 0 spiro atoms. The number of unbranched alkanes of at least 4 members (excludes halogenated alkanes) is 1. The molecule has 0 aliphatic carbocycles. The molecule has 0 bridgehead atoms. The van der Waals surface area contributed by atoms with Gasteiger partial charge in [0.15, 0.2) is 34.8 Å². The number of phenols is 2. The minimum Gasteiger partial charge on any atom is -0.504 e. The average molecular weight is 888 g/mol. The van der Waals surface area contributed by atoms with Crippen LogP contribution in [0.2, 0.25) is 0 Å². The van der Waals surface area contributed by atoms with E-state index in [4.69, 9.17) is 15.8 Å². The molecular weight excluding hydrogens is 846 g/mol. The first kappa shape index (κ1) is 49.7. The number of nitrogens with zero attached hydrogens (tertiary/aromatic N) is 9. The van der Waals surface area contributed by atoms with Gasteiger partial charge < -0.3 is 35.4 Å². The highest BCUT2D eigenvalue weighted by molar-refractivity contribution is 6.09. The van der Waals surface area contributed by atoms with Crippen molar-refractivity contribution in [3.63, 3.8) is 0 Å². The van der Waals surface area contributed by atoms with Gasteiger partial charge in [-0.1, -0.05) is 34.5 Å². The van der Waals surface area contributed by atoms with E-state index in [1.165, 1.54) is 30.9 Å². The standard InChI is InChI=1S/C38H41F4N11O10/c1-38(2,20-46-36(59)28-29(39)31(41)33(48-50-44)32(42)30(28)40)63-37(60)52(15-6-14-47-49-43)16-12-26(55)45-13-5-4-7-27(56)51(3)19-21-8-10-22(11-9-21)34(57)23-17-24(53(61)62)35(58)25(54)18-23/h8-11,17-18,54,58H,4-7,12-16,19-20H2,1-3H3,(H,45,55)(H,46,59). The number of phenolic OH excluding ortho intramolecular Hbond substituents is 2. The number of halogens is 4. The summed E-state index contributed by atoms with van der Waals surface area (Å²) in [5.41, 5.74) is 11.9. The lowest BCUT2D eigenvalue weighted by Crippen LogP contribution is -2.46. The Morgan fingerprint density at radius 2 is 1.54 bits per heavy atom. The molecule has 0 heterocycles. The van der Waals surface area contributed by atoms with E-state index >= 15 is 0 Å². The second kappa shape index (κ2) is 22.8. The van der Waals surface area contributed by atoms with Crippen LogP contribution < -0.4 is 10.6 Å². The number of rotatable bonds is 22. The number of ketones is 1. The smallest absolute Gasteiger partial charge is 0.410 e. The second-order valence-corrected chi connectivity index (χ2v) is 14.2. The van der Waals surface area contributed by atoms with Crippen molar-refractivity contribution in [3.8, 4) is 11.5 Å². The van der Waals surface area contributed by atoms with E-state index in [9.17, 15) is 61.9 Å². The maximum absolute atomic E-state index is 14.5. The molecule has 63 heavy (non-hydrogen) atoms. The third-order valence-corrected chi connectivity index (χ3v) is 9.00. The topological polar surface area (TPSA) is 306 Å². The van der Waals surface area contributed by atoms with Gasteiger partial charge in [0.2, 0.25) is 17.6 Å². The molecule has 4 amide bonds. The van der Waals surface area contributed by atoms with Crippen LogP contribution in [-0.4, -0.2) is 99.9 Å². The minimum absolute atomic E-state index is 0.0132. The molecule has 336 valence electrons. The molecule has 0 fully saturated rings. The van der Waals surface area contributed by atoms with Gasteiger partial charge in [0.05, 0.1) is 11.5 Å². The van der Waals surface area contributed by atoms with Gasteiger partial charge >= 0.3 is 11.8 Å². The molecule has 25 heteroatoms. The number of carbonyl (C=O) groups excluding carboxylic acids is 5. The Balaban J connectivity index is 1.46. The van der Waals surface area contributed by atoms with Crippen LogP contribution in [0.15, 0.2) is 46.6 Å². The maximum atomic E-state index is 14.5. The van der Waals surface area contributed by atoms with Gasteiger partial charge in [-0.25, -0.2) is 22.4 Å². The number of ether oxygens (including phenoxy) is 1. The van der Waals surface area contributed by atoms with Gasteiger partial charge in [0.1, 0.15) is 16.9 Å². The summed E-state index contributed by atoms with van der Waals surface area (Å²) in [6.45, 7) is 2.10. The van der Waals surface area contributed by atoms with E-state index in [1.807, 2.05) is 5.32 Å². The molecular formula is C38H41F4N11O10. The van der Waals surface area contributed by atoms with E-state index in [1.54, 1.807) is 19.2 Å². The van der Waals surface area contributed by atoms with Crippen molar-refractivity contribution in [3.05, 3.63) is 113 Å². The monoisotopic (exact) mass is 887 g/mol. The summed E-state index contributed by atoms with van der Waals surface area (Å²) in [7, 11) is 1.57. The SMILES string of the molecule is CN(Cc1ccc(C(=O)c2cc(O)c(O)c([N+](=O)[O-])c2)cc1)C(=O)CCCCNC(=O)CCN(CCCN=[N+]=[N-])C(=O)OC(C)(C)CNC(=O)c1c(F)c(F)c(N=[N+]=[N-])c(F)c1F. The van der Waals surface area contributed by atoms with Crippen molar-refractivity contribution < 1.29 is 61.4 Å². The molecule has 0 unspecified atom stereocenters. The van der Waals surface area contributed by atoms with Crippen molar-refractivity contribution >= 4 is 41.0 Å². The number of benzene rings is 3. The molecule has 0 radical (unpaired) electrons. The number of hydrogen-bond donors (Lipinski definition) is 4. The van der Waals surface area contributed by atoms with Crippen LogP contribution in [0.3, 0.4) is 0 Å². The zero-order valence-electron chi connectivity index (χ0n) is 33.9. The molecule has 0 saturated heterocycles. The van der Waals surface area contributed by atoms with Crippen molar-refractivity contribution in [2.75, 3.05) is 39.8 Å². The van der Waals surface area contributed by atoms with E-state index in [0.29, 0.717) is 18.4 Å². The van der Waals surface area contributed by atoms with Gasteiger partial charge in [-0.15, -0.1) is 0 Å². The Bertz CT molecular complexity index is 2310. The van der Waals surface area contributed by atoms with E-state index in [2.05, 4.69) is 25.4 Å². The summed E-state index contributed by atoms with van der Waals surface area (Å²) in [6, 6.07) is 7.84. The molecule has 0 aliphatic rings. The summed E-state index contributed by atoms with van der Waals surface area (Å²) in [5, 5.41) is 41.3. The summed E-state index contributed by atoms with van der Waals surface area (Å²) in [6.07, 6.45) is -0.0971. The predicted molar refractivity (Wildman–Crippen MR) is 212 cm³/mol. The first-order valence-corrected chi connectivity index (χ1v) is 18.8. The Morgan fingerprint density at radius 1 is 0.889 bits per heavy atom. The Kier molecular flexibility index (Phi) is 18.0. The highest BCUT2D eigenvalue weighted by atomic mass is 19.2. The minimum atomic E-state index is -2.12. The van der Waals surface area contributed by atoms with E-state index in [0.717, 1.165) is 17.0 Å². The van der Waals surface area contributed by atoms with Gasteiger partial charge in [0.25, 0.3) is 5.91 Å². The van der Waals surface area contributed by atoms with E-state index in [-0.39, 0.29) is 69.0 Å². The summed E-state index contributed by atoms with van der Waals surface area (Å²) >= 11 is 0. The quantitative estimate of drug-likeness (QED) is 0.00788. The first-order valence-electron chi connectivity index (χ1n) is 18.8. The summed E-state index contributed by atoms with van der Waals surface area (Å²) in [4.78, 5) is 81.5. The molecule has 3 aromatic carbocycles. The predicted octanol–water partition coefficient (Wildman–Crippen LogP) is 6.72. The molecule has 0 aliphatic heterocycles. The molecule has 3 rings (SSSR count). The lowest BCUT2D eigenvalue weighted by atomic mass is 10.0. The van der Waals surface area contributed by atoms with E-state index < -0.39 is 92.5 Å². The molecule has 3 aromatic rings. The molecule has 0 saturated carbocycles. The Labute approximate surface area is 355 Å². The number of nitro groups is 1. The van der Waals surface area contributed by atoms with Crippen molar-refractivity contribution in [2.45, 2.75) is 58.1 Å². The second-order valence-electron chi connectivity index (χ2n) is 14.2. The van der Waals surface area contributed by atoms with Crippen molar-refractivity contribution in [1.82, 2.24) is 20.4 Å². The van der Waals surface area contributed by atoms with Gasteiger partial charge in [-0.05, 0) is 55.8 Å². The largest absolute Gasteiger partial charge is 0.504 e. The van der Waals surface area contributed by atoms with Crippen molar-refractivity contribution in [1.29, 1.82) is 0 Å². The van der Waals surface area contributed by atoms with Crippen LogP contribution in [0.5, 0.6) is 11.5 Å². The maximum Gasteiger partial charge on any atom is 0.410 e. The number of aromatic hydroxyl groups is 2. The normalized spacial score (nSPS) is 10.8. The van der Waals surface area contributed by atoms with Crippen LogP contribution in [0.25, 0.3) is 20.9 Å². The lowest BCUT2D eigenvalue weighted by Gasteiger charge is -2.30. The number of amides is 4. The van der Waals surface area contributed by atoms with Crippen LogP contribution in [-0.2, 0) is 20.9 Å².